The van der Waals surface area contributed by atoms with Crippen molar-refractivity contribution >= 4 is 33.6 Å². The van der Waals surface area contributed by atoms with Crippen LogP contribution in [0.5, 0.6) is 0 Å². The highest BCUT2D eigenvalue weighted by Gasteiger charge is 2.19. The number of amides is 2. The van der Waals surface area contributed by atoms with Crippen LogP contribution in [0.2, 0.25) is 0 Å². The van der Waals surface area contributed by atoms with Gasteiger partial charge < -0.3 is 15.7 Å². The highest BCUT2D eigenvalue weighted by atomic mass is 79.9. The molecule has 1 aromatic rings. The first-order valence-corrected chi connectivity index (χ1v) is 6.77. The number of carbonyl (C=O) groups is 2. The summed E-state index contributed by atoms with van der Waals surface area (Å²) in [5.74, 6) is -1.08. The van der Waals surface area contributed by atoms with Crippen LogP contribution in [0.15, 0.2) is 22.7 Å². The monoisotopic (exact) mass is 339 g/mol. The molecule has 6 nitrogen and oxygen atoms in total. The van der Waals surface area contributed by atoms with E-state index in [9.17, 15) is 9.59 Å². The smallest absolute Gasteiger partial charge is 0.326 e. The Morgan fingerprint density at radius 1 is 1.50 bits per heavy atom. The number of hydrogen-bond acceptors (Lipinski definition) is 3. The molecule has 0 radical (unpaired) electrons. The normalized spacial score (nSPS) is 11.2. The maximum atomic E-state index is 11.7. The summed E-state index contributed by atoms with van der Waals surface area (Å²) in [6.07, 6.45) is 0.979. The number of carboxylic acid groups (broad SMARTS) is 1. The Morgan fingerprint density at radius 3 is 2.75 bits per heavy atom. The molecule has 0 aliphatic rings. The van der Waals surface area contributed by atoms with Crippen molar-refractivity contribution in [2.45, 2.75) is 25.8 Å². The molecule has 20 heavy (non-hydrogen) atoms. The summed E-state index contributed by atoms with van der Waals surface area (Å²) in [5, 5.41) is 22.8. The molecule has 0 fully saturated rings. The number of carboxylic acids is 1. The van der Waals surface area contributed by atoms with Crippen LogP contribution in [0.25, 0.3) is 0 Å². The van der Waals surface area contributed by atoms with Crippen LogP contribution in [-0.2, 0) is 4.79 Å². The molecule has 0 heterocycles. The predicted molar refractivity (Wildman–Crippen MR) is 77.3 cm³/mol. The first-order chi connectivity index (χ1) is 9.47. The quantitative estimate of drug-likeness (QED) is 0.767. The van der Waals surface area contributed by atoms with Crippen molar-refractivity contribution in [1.82, 2.24) is 5.32 Å². The number of urea groups is 1. The molecular weight excluding hydrogens is 326 g/mol. The second-order valence-corrected chi connectivity index (χ2v) is 5.00. The molecule has 2 amide bonds. The van der Waals surface area contributed by atoms with E-state index < -0.39 is 18.0 Å². The fraction of sp³-hybridized carbons (Fsp3) is 0.308. The largest absolute Gasteiger partial charge is 0.480 e. The van der Waals surface area contributed by atoms with Crippen molar-refractivity contribution in [3.63, 3.8) is 0 Å². The Bertz CT molecular complexity index is 554. The number of anilines is 1. The van der Waals surface area contributed by atoms with E-state index in [1.807, 2.05) is 13.0 Å². The molecular formula is C13H14BrN3O3. The van der Waals surface area contributed by atoms with Gasteiger partial charge in [0.05, 0.1) is 11.3 Å². The third-order valence-corrected chi connectivity index (χ3v) is 3.02. The molecule has 1 aromatic carbocycles. The second kappa shape index (κ2) is 7.50. The lowest BCUT2D eigenvalue weighted by atomic mass is 10.1. The highest BCUT2D eigenvalue weighted by Crippen LogP contribution is 2.20. The molecule has 0 aliphatic heterocycles. The third kappa shape index (κ3) is 4.55. The Kier molecular flexibility index (Phi) is 6.00. The maximum Gasteiger partial charge on any atom is 0.326 e. The van der Waals surface area contributed by atoms with E-state index in [0.717, 1.165) is 4.47 Å². The van der Waals surface area contributed by atoms with E-state index in [1.54, 1.807) is 18.2 Å². The lowest BCUT2D eigenvalue weighted by Gasteiger charge is -2.14. The average molecular weight is 340 g/mol. The lowest BCUT2D eigenvalue weighted by molar-refractivity contribution is -0.139. The third-order valence-electron chi connectivity index (χ3n) is 2.53. The fourth-order valence-electron chi connectivity index (χ4n) is 1.58. The molecule has 0 saturated carbocycles. The van der Waals surface area contributed by atoms with Gasteiger partial charge in [-0.15, -0.1) is 0 Å². The zero-order valence-electron chi connectivity index (χ0n) is 10.8. The zero-order chi connectivity index (χ0) is 15.1. The minimum atomic E-state index is -1.08. The van der Waals surface area contributed by atoms with Gasteiger partial charge in [-0.3, -0.25) is 0 Å². The van der Waals surface area contributed by atoms with Crippen LogP contribution in [0, 0.1) is 11.3 Å². The minimum Gasteiger partial charge on any atom is -0.480 e. The van der Waals surface area contributed by atoms with Gasteiger partial charge >= 0.3 is 12.0 Å². The van der Waals surface area contributed by atoms with Gasteiger partial charge in [-0.1, -0.05) is 29.3 Å². The Hall–Kier alpha value is -2.07. The Morgan fingerprint density at radius 2 is 2.20 bits per heavy atom. The molecule has 0 saturated heterocycles. The van der Waals surface area contributed by atoms with Gasteiger partial charge in [-0.25, -0.2) is 9.59 Å². The van der Waals surface area contributed by atoms with Crippen molar-refractivity contribution in [3.8, 4) is 6.07 Å². The molecule has 0 bridgehead atoms. The SMILES string of the molecule is CCC[C@@H](NC(=O)Nc1ccc(Br)cc1C#N)C(=O)O. The zero-order valence-corrected chi connectivity index (χ0v) is 12.4. The number of benzene rings is 1. The van der Waals surface area contributed by atoms with Crippen molar-refractivity contribution < 1.29 is 14.7 Å². The summed E-state index contributed by atoms with van der Waals surface area (Å²) in [5.41, 5.74) is 0.616. The number of aliphatic carboxylic acids is 1. The molecule has 7 heteroatoms. The van der Waals surface area contributed by atoms with Crippen LogP contribution < -0.4 is 10.6 Å². The van der Waals surface area contributed by atoms with Gasteiger partial charge in [-0.2, -0.15) is 5.26 Å². The standard InChI is InChI=1S/C13H14BrN3O3/c1-2-3-11(12(18)19)17-13(20)16-10-5-4-9(14)6-8(10)7-15/h4-6,11H,2-3H2,1H3,(H,18,19)(H2,16,17,20)/t11-/m1/s1. The number of nitriles is 1. The van der Waals surface area contributed by atoms with Crippen LogP contribution in [0.4, 0.5) is 10.5 Å². The van der Waals surface area contributed by atoms with Crippen molar-refractivity contribution in [2.24, 2.45) is 0 Å². The molecule has 0 aromatic heterocycles. The summed E-state index contributed by atoms with van der Waals surface area (Å²) in [7, 11) is 0. The number of nitrogens with one attached hydrogen (secondary N) is 2. The lowest BCUT2D eigenvalue weighted by Crippen LogP contribution is -2.42. The fourth-order valence-corrected chi connectivity index (χ4v) is 1.94. The van der Waals surface area contributed by atoms with Crippen molar-refractivity contribution in [1.29, 1.82) is 5.26 Å². The number of carbonyl (C=O) groups excluding carboxylic acids is 1. The number of rotatable bonds is 5. The first-order valence-electron chi connectivity index (χ1n) is 5.98. The van der Waals surface area contributed by atoms with Gasteiger partial charge in [0.1, 0.15) is 12.1 Å². The molecule has 106 valence electrons. The van der Waals surface area contributed by atoms with Gasteiger partial charge in [0, 0.05) is 4.47 Å². The number of halogens is 1. The Labute approximate surface area is 124 Å². The van der Waals surface area contributed by atoms with E-state index in [0.29, 0.717) is 18.5 Å². The van der Waals surface area contributed by atoms with Crippen LogP contribution >= 0.6 is 15.9 Å². The van der Waals surface area contributed by atoms with Crippen LogP contribution in [0.3, 0.4) is 0 Å². The van der Waals surface area contributed by atoms with Gasteiger partial charge in [0.15, 0.2) is 0 Å². The Balaban J connectivity index is 2.76. The minimum absolute atomic E-state index is 0.289. The van der Waals surface area contributed by atoms with Gasteiger partial charge in [-0.05, 0) is 24.6 Å². The van der Waals surface area contributed by atoms with Gasteiger partial charge in [0.25, 0.3) is 0 Å². The summed E-state index contributed by atoms with van der Waals surface area (Å²) >= 11 is 3.23. The van der Waals surface area contributed by atoms with Gasteiger partial charge in [0.2, 0.25) is 0 Å². The van der Waals surface area contributed by atoms with Crippen molar-refractivity contribution in [2.75, 3.05) is 5.32 Å². The first kappa shape index (κ1) is 16.0. The second-order valence-electron chi connectivity index (χ2n) is 4.08. The van der Waals surface area contributed by atoms with E-state index >= 15 is 0 Å². The summed E-state index contributed by atoms with van der Waals surface area (Å²) < 4.78 is 0.717. The van der Waals surface area contributed by atoms with Crippen LogP contribution in [-0.4, -0.2) is 23.1 Å². The van der Waals surface area contributed by atoms with E-state index in [2.05, 4.69) is 26.6 Å². The van der Waals surface area contributed by atoms with E-state index in [-0.39, 0.29) is 5.56 Å². The molecule has 3 N–H and O–H groups in total. The highest BCUT2D eigenvalue weighted by molar-refractivity contribution is 9.10. The van der Waals surface area contributed by atoms with E-state index in [4.69, 9.17) is 10.4 Å². The molecule has 0 spiro atoms. The summed E-state index contributed by atoms with van der Waals surface area (Å²) in [4.78, 5) is 22.7. The molecule has 0 unspecified atom stereocenters. The predicted octanol–water partition coefficient (Wildman–Crippen LogP) is 2.70. The summed E-state index contributed by atoms with van der Waals surface area (Å²) in [6.45, 7) is 1.83. The number of nitrogens with zero attached hydrogens (tertiary/aromatic N) is 1. The molecule has 1 rings (SSSR count). The average Bonchev–Trinajstić information content (AvgIpc) is 2.40. The summed E-state index contributed by atoms with van der Waals surface area (Å²) in [6, 6.07) is 5.17. The van der Waals surface area contributed by atoms with Crippen molar-refractivity contribution in [3.05, 3.63) is 28.2 Å². The molecule has 0 aliphatic carbocycles. The topological polar surface area (TPSA) is 102 Å². The van der Waals surface area contributed by atoms with E-state index in [1.165, 1.54) is 0 Å². The van der Waals surface area contributed by atoms with Crippen LogP contribution in [0.1, 0.15) is 25.3 Å². The number of hydrogen-bond donors (Lipinski definition) is 3. The molecule has 1 atom stereocenters. The maximum absolute atomic E-state index is 11.7.